The van der Waals surface area contributed by atoms with Crippen LogP contribution >= 0.6 is 0 Å². The van der Waals surface area contributed by atoms with E-state index in [9.17, 15) is 4.79 Å². The third-order valence-corrected chi connectivity index (χ3v) is 3.09. The summed E-state index contributed by atoms with van der Waals surface area (Å²) >= 11 is 0. The molecule has 0 radical (unpaired) electrons. The van der Waals surface area contributed by atoms with E-state index in [0.717, 1.165) is 38.5 Å². The molecule has 6 heteroatoms. The van der Waals surface area contributed by atoms with Crippen molar-refractivity contribution in [3.8, 4) is 0 Å². The summed E-state index contributed by atoms with van der Waals surface area (Å²) in [5, 5.41) is 12.2. The third kappa shape index (κ3) is 3.90. The molecule has 19 heavy (non-hydrogen) atoms. The maximum Gasteiger partial charge on any atom is 0.339 e. The van der Waals surface area contributed by atoms with E-state index in [1.807, 2.05) is 6.92 Å². The van der Waals surface area contributed by atoms with Crippen LogP contribution in [0, 0.1) is 6.92 Å². The number of hydrogen-bond donors (Lipinski definition) is 2. The largest absolute Gasteiger partial charge is 0.478 e. The molecule has 0 unspecified atom stereocenters. The number of aryl methyl sites for hydroxylation is 1. The van der Waals surface area contributed by atoms with Gasteiger partial charge in [-0.25, -0.2) is 9.78 Å². The van der Waals surface area contributed by atoms with Gasteiger partial charge in [-0.05, 0) is 19.1 Å². The van der Waals surface area contributed by atoms with Crippen molar-refractivity contribution in [3.63, 3.8) is 0 Å². The number of ether oxygens (including phenoxy) is 1. The number of carboxylic acids is 1. The smallest absolute Gasteiger partial charge is 0.339 e. The van der Waals surface area contributed by atoms with Gasteiger partial charge in [-0.15, -0.1) is 0 Å². The minimum atomic E-state index is -0.957. The number of carboxylic acid groups (broad SMARTS) is 1. The Hall–Kier alpha value is -1.66. The van der Waals surface area contributed by atoms with Gasteiger partial charge in [-0.2, -0.15) is 0 Å². The highest BCUT2D eigenvalue weighted by molar-refractivity contribution is 5.93. The Morgan fingerprint density at radius 1 is 1.47 bits per heavy atom. The molecule has 1 saturated heterocycles. The summed E-state index contributed by atoms with van der Waals surface area (Å²) in [6.45, 7) is 6.77. The Morgan fingerprint density at radius 2 is 2.21 bits per heavy atom. The Labute approximate surface area is 112 Å². The van der Waals surface area contributed by atoms with Gasteiger partial charge in [0.25, 0.3) is 0 Å². The van der Waals surface area contributed by atoms with Crippen LogP contribution in [0.1, 0.15) is 16.1 Å². The molecule has 0 saturated carbocycles. The molecular formula is C13H19N3O3. The van der Waals surface area contributed by atoms with Crippen molar-refractivity contribution in [2.45, 2.75) is 6.92 Å². The quantitative estimate of drug-likeness (QED) is 0.821. The summed E-state index contributed by atoms with van der Waals surface area (Å²) in [4.78, 5) is 17.6. The summed E-state index contributed by atoms with van der Waals surface area (Å²) in [6.07, 6.45) is 0. The zero-order valence-corrected chi connectivity index (χ0v) is 11.1. The van der Waals surface area contributed by atoms with Gasteiger partial charge in [-0.3, -0.25) is 4.90 Å². The van der Waals surface area contributed by atoms with E-state index in [1.54, 1.807) is 12.1 Å². The first-order valence-electron chi connectivity index (χ1n) is 6.42. The lowest BCUT2D eigenvalue weighted by atomic mass is 10.2. The van der Waals surface area contributed by atoms with Crippen molar-refractivity contribution < 1.29 is 14.6 Å². The van der Waals surface area contributed by atoms with Gasteiger partial charge < -0.3 is 15.2 Å². The predicted octanol–water partition coefficient (Wildman–Crippen LogP) is 0.832. The fourth-order valence-corrected chi connectivity index (χ4v) is 2.02. The Bertz CT molecular complexity index is 445. The molecule has 0 atom stereocenters. The van der Waals surface area contributed by atoms with Crippen molar-refractivity contribution in [2.75, 3.05) is 44.7 Å². The molecule has 0 aliphatic carbocycles. The van der Waals surface area contributed by atoms with Crippen LogP contribution in [0.5, 0.6) is 0 Å². The van der Waals surface area contributed by atoms with Crippen LogP contribution in [0.2, 0.25) is 0 Å². The summed E-state index contributed by atoms with van der Waals surface area (Å²) in [5.41, 5.74) is 1.02. The van der Waals surface area contributed by atoms with Gasteiger partial charge in [0.15, 0.2) is 0 Å². The number of aromatic carboxylic acids is 1. The predicted molar refractivity (Wildman–Crippen MR) is 71.7 cm³/mol. The van der Waals surface area contributed by atoms with Crippen LogP contribution in [-0.2, 0) is 4.74 Å². The molecule has 1 aromatic heterocycles. The van der Waals surface area contributed by atoms with Crippen LogP contribution in [0.25, 0.3) is 0 Å². The Balaban J connectivity index is 1.91. The number of carbonyl (C=O) groups is 1. The number of anilines is 1. The Kier molecular flexibility index (Phi) is 4.70. The number of aromatic nitrogens is 1. The average Bonchev–Trinajstić information content (AvgIpc) is 2.39. The van der Waals surface area contributed by atoms with Gasteiger partial charge in [0.05, 0.1) is 13.2 Å². The number of pyridine rings is 1. The maximum absolute atomic E-state index is 11.1. The fourth-order valence-electron chi connectivity index (χ4n) is 2.02. The number of hydrogen-bond acceptors (Lipinski definition) is 5. The summed E-state index contributed by atoms with van der Waals surface area (Å²) < 4.78 is 5.28. The van der Waals surface area contributed by atoms with Gasteiger partial charge >= 0.3 is 5.97 Å². The molecule has 2 N–H and O–H groups in total. The van der Waals surface area contributed by atoms with Crippen molar-refractivity contribution in [1.29, 1.82) is 0 Å². The van der Waals surface area contributed by atoms with E-state index >= 15 is 0 Å². The van der Waals surface area contributed by atoms with E-state index in [4.69, 9.17) is 9.84 Å². The van der Waals surface area contributed by atoms with Crippen molar-refractivity contribution >= 4 is 11.8 Å². The average molecular weight is 265 g/mol. The van der Waals surface area contributed by atoms with E-state index in [2.05, 4.69) is 15.2 Å². The number of rotatable bonds is 5. The van der Waals surface area contributed by atoms with Gasteiger partial charge in [0.1, 0.15) is 11.4 Å². The third-order valence-electron chi connectivity index (χ3n) is 3.09. The second kappa shape index (κ2) is 6.49. The van der Waals surface area contributed by atoms with Gasteiger partial charge in [-0.1, -0.05) is 0 Å². The first-order chi connectivity index (χ1) is 9.16. The summed E-state index contributed by atoms with van der Waals surface area (Å²) in [7, 11) is 0. The highest BCUT2D eigenvalue weighted by atomic mass is 16.5. The van der Waals surface area contributed by atoms with Crippen LogP contribution < -0.4 is 5.32 Å². The first kappa shape index (κ1) is 13.8. The molecule has 0 bridgehead atoms. The molecule has 0 aromatic carbocycles. The van der Waals surface area contributed by atoms with Crippen LogP contribution in [0.4, 0.5) is 5.82 Å². The fraction of sp³-hybridized carbons (Fsp3) is 0.538. The molecule has 2 rings (SSSR count). The first-order valence-corrected chi connectivity index (χ1v) is 6.42. The van der Waals surface area contributed by atoms with E-state index in [0.29, 0.717) is 12.4 Å². The van der Waals surface area contributed by atoms with Gasteiger partial charge in [0, 0.05) is 31.9 Å². The maximum atomic E-state index is 11.1. The molecule has 1 fully saturated rings. The molecule has 1 aliphatic heterocycles. The zero-order valence-electron chi connectivity index (χ0n) is 11.1. The normalized spacial score (nSPS) is 16.3. The number of morpholine rings is 1. The molecule has 0 amide bonds. The molecule has 0 spiro atoms. The number of nitrogens with zero attached hydrogens (tertiary/aromatic N) is 2. The highest BCUT2D eigenvalue weighted by Crippen LogP contribution is 2.13. The molecular weight excluding hydrogens is 246 g/mol. The SMILES string of the molecule is Cc1ccc(C(=O)O)c(NCCN2CCOCC2)n1. The number of nitrogens with one attached hydrogen (secondary N) is 1. The molecule has 1 aromatic rings. The van der Waals surface area contributed by atoms with Crippen molar-refractivity contribution in [3.05, 3.63) is 23.4 Å². The van der Waals surface area contributed by atoms with Gasteiger partial charge in [0.2, 0.25) is 0 Å². The lowest BCUT2D eigenvalue weighted by Crippen LogP contribution is -2.39. The monoisotopic (exact) mass is 265 g/mol. The Morgan fingerprint density at radius 3 is 2.89 bits per heavy atom. The minimum Gasteiger partial charge on any atom is -0.478 e. The minimum absolute atomic E-state index is 0.215. The van der Waals surface area contributed by atoms with Crippen LogP contribution in [0.15, 0.2) is 12.1 Å². The topological polar surface area (TPSA) is 74.7 Å². The van der Waals surface area contributed by atoms with E-state index < -0.39 is 5.97 Å². The zero-order chi connectivity index (χ0) is 13.7. The van der Waals surface area contributed by atoms with Crippen LogP contribution in [-0.4, -0.2) is 60.4 Å². The highest BCUT2D eigenvalue weighted by Gasteiger charge is 2.13. The lowest BCUT2D eigenvalue weighted by molar-refractivity contribution is 0.0398. The van der Waals surface area contributed by atoms with Crippen molar-refractivity contribution in [2.24, 2.45) is 0 Å². The second-order valence-corrected chi connectivity index (χ2v) is 4.53. The summed E-state index contributed by atoms with van der Waals surface area (Å²) in [5.74, 6) is -0.512. The van der Waals surface area contributed by atoms with Crippen molar-refractivity contribution in [1.82, 2.24) is 9.88 Å². The molecule has 104 valence electrons. The molecule has 2 heterocycles. The van der Waals surface area contributed by atoms with E-state index in [1.165, 1.54) is 0 Å². The van der Waals surface area contributed by atoms with E-state index in [-0.39, 0.29) is 5.56 Å². The standard InChI is InChI=1S/C13H19N3O3/c1-10-2-3-11(13(17)18)12(15-10)14-4-5-16-6-8-19-9-7-16/h2-3H,4-9H2,1H3,(H,14,15)(H,17,18). The molecule has 6 nitrogen and oxygen atoms in total. The summed E-state index contributed by atoms with van der Waals surface area (Å²) in [6, 6.07) is 3.29. The second-order valence-electron chi connectivity index (χ2n) is 4.53. The van der Waals surface area contributed by atoms with Crippen LogP contribution in [0.3, 0.4) is 0 Å². The lowest BCUT2D eigenvalue weighted by Gasteiger charge is -2.26. The molecule has 1 aliphatic rings.